The number of phosphoric ester groups is 1. The van der Waals surface area contributed by atoms with Gasteiger partial charge in [-0.05, 0) is 128 Å². The Morgan fingerprint density at radius 2 is 0.600 bits per heavy atom. The molecule has 0 aliphatic carbocycles. The van der Waals surface area contributed by atoms with Gasteiger partial charge in [0.05, 0.1) is 27.7 Å². The molecule has 0 heterocycles. The van der Waals surface area contributed by atoms with Crippen LogP contribution in [0.4, 0.5) is 0 Å². The van der Waals surface area contributed by atoms with Gasteiger partial charge in [-0.15, -0.1) is 0 Å². The highest BCUT2D eigenvalue weighted by Crippen LogP contribution is 2.38. The summed E-state index contributed by atoms with van der Waals surface area (Å²) in [4.78, 5) is 38.1. The number of unbranched alkanes of at least 4 members (excludes halogenated alkanes) is 22. The number of nitrogens with zero attached hydrogens (tertiary/aromatic N) is 1. The minimum absolute atomic E-state index is 0.0402. The van der Waals surface area contributed by atoms with Crippen molar-refractivity contribution in [3.8, 4) is 0 Å². The maximum absolute atomic E-state index is 12.9. The molecule has 0 amide bonds. The molecular weight excluding hydrogens is 1130 g/mol. The molecule has 0 fully saturated rings. The maximum atomic E-state index is 12.9. The van der Waals surface area contributed by atoms with Crippen LogP contribution in [0, 0.1) is 0 Å². The van der Waals surface area contributed by atoms with Gasteiger partial charge in [-0.25, -0.2) is 0 Å². The lowest BCUT2D eigenvalue weighted by Crippen LogP contribution is -2.37. The number of ether oxygens (including phenoxy) is 2. The molecule has 90 heavy (non-hydrogen) atoms. The van der Waals surface area contributed by atoms with Crippen molar-refractivity contribution < 1.29 is 42.1 Å². The third-order valence-electron chi connectivity index (χ3n) is 14.7. The van der Waals surface area contributed by atoms with Gasteiger partial charge in [-0.3, -0.25) is 14.2 Å². The second-order valence-corrected chi connectivity index (χ2v) is 25.9. The summed E-state index contributed by atoms with van der Waals surface area (Å²) in [5.41, 5.74) is 0. The molecule has 9 nitrogen and oxygen atoms in total. The van der Waals surface area contributed by atoms with Crippen LogP contribution in [0.15, 0.2) is 170 Å². The highest BCUT2D eigenvalue weighted by Gasteiger charge is 2.22. The van der Waals surface area contributed by atoms with Crippen molar-refractivity contribution in [1.82, 2.24) is 0 Å². The number of rotatable bonds is 64. The van der Waals surface area contributed by atoms with Crippen LogP contribution in [0.5, 0.6) is 0 Å². The molecule has 0 saturated carbocycles. The van der Waals surface area contributed by atoms with E-state index in [4.69, 9.17) is 18.5 Å². The molecule has 0 aromatic carbocycles. The highest BCUT2D eigenvalue weighted by molar-refractivity contribution is 7.45. The summed E-state index contributed by atoms with van der Waals surface area (Å²) in [7, 11) is 1.14. The molecule has 2 atom stereocenters. The van der Waals surface area contributed by atoms with Gasteiger partial charge in [0.2, 0.25) is 0 Å². The highest BCUT2D eigenvalue weighted by atomic mass is 31.2. The van der Waals surface area contributed by atoms with E-state index in [9.17, 15) is 19.0 Å². The minimum atomic E-state index is -4.66. The van der Waals surface area contributed by atoms with Gasteiger partial charge in [0, 0.05) is 12.8 Å². The van der Waals surface area contributed by atoms with Crippen molar-refractivity contribution in [2.75, 3.05) is 47.5 Å². The molecule has 510 valence electrons. The summed E-state index contributed by atoms with van der Waals surface area (Å²) in [6.45, 7) is 4.00. The van der Waals surface area contributed by atoms with Crippen LogP contribution < -0.4 is 4.89 Å². The van der Waals surface area contributed by atoms with Gasteiger partial charge in [0.15, 0.2) is 6.10 Å². The summed E-state index contributed by atoms with van der Waals surface area (Å²) in [6.07, 6.45) is 104. The van der Waals surface area contributed by atoms with Gasteiger partial charge in [-0.1, -0.05) is 300 Å². The lowest BCUT2D eigenvalue weighted by Gasteiger charge is -2.28. The molecule has 0 aromatic heterocycles. The Balaban J connectivity index is 4.12. The van der Waals surface area contributed by atoms with E-state index in [1.165, 1.54) is 96.3 Å². The number of carbonyl (C=O) groups is 2. The van der Waals surface area contributed by atoms with Crippen LogP contribution in [0.2, 0.25) is 0 Å². The Kier molecular flexibility index (Phi) is 65.2. The Labute approximate surface area is 553 Å². The van der Waals surface area contributed by atoms with E-state index in [1.807, 2.05) is 21.1 Å². The lowest BCUT2D eigenvalue weighted by molar-refractivity contribution is -0.870. The Morgan fingerprint density at radius 1 is 0.344 bits per heavy atom. The summed E-state index contributed by atoms with van der Waals surface area (Å²) < 4.78 is 34.3. The van der Waals surface area contributed by atoms with Crippen LogP contribution in [0.25, 0.3) is 0 Å². The standard InChI is InChI=1S/C80H132NO8P/c1-6-8-10-12-14-16-18-20-22-24-26-28-30-32-34-36-37-38-39-40-41-42-43-45-47-49-51-53-55-57-59-61-63-65-67-69-71-73-80(83)89-78(77-88-90(84,85)87-75-74-81(3,4)5)76-86-79(82)72-70-68-66-64-62-60-58-56-54-52-50-48-46-44-35-33-31-29-27-25-23-21-19-17-15-13-11-9-7-2/h8-11,14-17,20-23,26-29,32-35,37-38,40-41,43,45,49,51,78H,6-7,12-13,18-19,24-25,30-31,36,39,42,44,46-48,50,52-77H2,1-5H3/b10-8-,11-9-,16-14-,17-15-,22-20-,23-21-,28-26-,29-27-,34-32-,35-33-,38-37-,41-40-,45-43-,51-49-. The van der Waals surface area contributed by atoms with Crippen LogP contribution in [0.1, 0.15) is 271 Å². The van der Waals surface area contributed by atoms with E-state index >= 15 is 0 Å². The number of allylic oxidation sites excluding steroid dienone is 28. The zero-order chi connectivity index (χ0) is 65.5. The molecule has 0 aromatic rings. The van der Waals surface area contributed by atoms with Gasteiger partial charge >= 0.3 is 11.9 Å². The third kappa shape index (κ3) is 72.4. The van der Waals surface area contributed by atoms with Crippen LogP contribution in [0.3, 0.4) is 0 Å². The Morgan fingerprint density at radius 3 is 0.889 bits per heavy atom. The molecule has 0 aliphatic rings. The Hall–Kier alpha value is -4.63. The fourth-order valence-corrected chi connectivity index (χ4v) is 10.1. The van der Waals surface area contributed by atoms with E-state index in [0.29, 0.717) is 17.4 Å². The van der Waals surface area contributed by atoms with Crippen LogP contribution in [-0.2, 0) is 32.7 Å². The van der Waals surface area contributed by atoms with Gasteiger partial charge < -0.3 is 27.9 Å². The first-order chi connectivity index (χ1) is 44.0. The van der Waals surface area contributed by atoms with Crippen LogP contribution in [-0.4, -0.2) is 70.0 Å². The van der Waals surface area contributed by atoms with E-state index in [0.717, 1.165) is 141 Å². The van der Waals surface area contributed by atoms with Crippen LogP contribution >= 0.6 is 7.82 Å². The fourth-order valence-electron chi connectivity index (χ4n) is 9.32. The van der Waals surface area contributed by atoms with Crippen molar-refractivity contribution in [3.63, 3.8) is 0 Å². The first-order valence-corrected chi connectivity index (χ1v) is 37.3. The van der Waals surface area contributed by atoms with Gasteiger partial charge in [-0.2, -0.15) is 0 Å². The van der Waals surface area contributed by atoms with E-state index < -0.39 is 32.5 Å². The summed E-state index contributed by atoms with van der Waals surface area (Å²) in [5, 5.41) is 0. The predicted octanol–water partition coefficient (Wildman–Crippen LogP) is 23.1. The zero-order valence-corrected chi connectivity index (χ0v) is 58.9. The minimum Gasteiger partial charge on any atom is -0.756 e. The van der Waals surface area contributed by atoms with E-state index in [1.54, 1.807) is 0 Å². The number of quaternary nitrogens is 1. The number of hydrogen-bond acceptors (Lipinski definition) is 8. The fraction of sp³-hybridized carbons (Fsp3) is 0.625. The monoisotopic (exact) mass is 1270 g/mol. The average molecular weight is 1270 g/mol. The average Bonchev–Trinajstić information content (AvgIpc) is 3.58. The van der Waals surface area contributed by atoms with Gasteiger partial charge in [0.1, 0.15) is 19.8 Å². The van der Waals surface area contributed by atoms with E-state index in [-0.39, 0.29) is 26.1 Å². The van der Waals surface area contributed by atoms with Crippen molar-refractivity contribution in [2.24, 2.45) is 0 Å². The molecule has 0 saturated heterocycles. The number of likely N-dealkylation sites (N-methyl/N-ethyl adjacent to an activating group) is 1. The molecule has 0 N–H and O–H groups in total. The topological polar surface area (TPSA) is 111 Å². The quantitative estimate of drug-likeness (QED) is 0.0195. The van der Waals surface area contributed by atoms with E-state index in [2.05, 4.69) is 184 Å². The van der Waals surface area contributed by atoms with Crippen molar-refractivity contribution in [1.29, 1.82) is 0 Å². The smallest absolute Gasteiger partial charge is 0.306 e. The summed E-state index contributed by atoms with van der Waals surface area (Å²) >= 11 is 0. The number of carbonyl (C=O) groups excluding carboxylic acids is 2. The molecule has 0 rings (SSSR count). The Bertz CT molecular complexity index is 2130. The molecule has 0 bridgehead atoms. The molecule has 0 radical (unpaired) electrons. The zero-order valence-electron chi connectivity index (χ0n) is 58.0. The maximum Gasteiger partial charge on any atom is 0.306 e. The molecule has 10 heteroatoms. The van der Waals surface area contributed by atoms with Crippen molar-refractivity contribution >= 4 is 19.8 Å². The SMILES string of the molecule is CC/C=C\C/C=C\C/C=C\C/C=C\C/C=C\C/C=C\C/C=C\C/C=C\C/C=C\CCCCCCCCCCCC(=O)OC(COC(=O)CCCCCCCCCCCCCCC/C=C\C/C=C\C/C=C\C/C=C\C/C=C\CC)COP(=O)([O-])OCC[N+](C)(C)C. The number of esters is 2. The lowest BCUT2D eigenvalue weighted by atomic mass is 10.0. The summed E-state index contributed by atoms with van der Waals surface area (Å²) in [5.74, 6) is -0.848. The second kappa shape index (κ2) is 68.7. The first kappa shape index (κ1) is 85.4. The first-order valence-electron chi connectivity index (χ1n) is 35.8. The van der Waals surface area contributed by atoms with Crippen molar-refractivity contribution in [2.45, 2.75) is 277 Å². The van der Waals surface area contributed by atoms with Gasteiger partial charge in [0.25, 0.3) is 7.82 Å². The summed E-state index contributed by atoms with van der Waals surface area (Å²) in [6, 6.07) is 0. The second-order valence-electron chi connectivity index (χ2n) is 24.5. The third-order valence-corrected chi connectivity index (χ3v) is 15.7. The molecule has 2 unspecified atom stereocenters. The number of phosphoric acid groups is 1. The largest absolute Gasteiger partial charge is 0.756 e. The molecule has 0 aliphatic heterocycles. The molecule has 0 spiro atoms. The normalized spacial score (nSPS) is 14.2. The number of hydrogen-bond donors (Lipinski definition) is 0. The molecular formula is C80H132NO8P. The predicted molar refractivity (Wildman–Crippen MR) is 387 cm³/mol. The van der Waals surface area contributed by atoms with Crippen molar-refractivity contribution in [3.05, 3.63) is 170 Å².